The number of hydrogen-bond acceptors (Lipinski definition) is 8. The monoisotopic (exact) mass is 345 g/mol. The Kier molecular flexibility index (Phi) is 4.64. The van der Waals surface area contributed by atoms with Gasteiger partial charge in [0.25, 0.3) is 5.78 Å². The molecule has 0 aliphatic rings. The molecule has 23 heavy (non-hydrogen) atoms. The normalized spacial score (nSPS) is 10.7. The van der Waals surface area contributed by atoms with Crippen molar-refractivity contribution >= 4 is 35.1 Å². The van der Waals surface area contributed by atoms with Crippen LogP contribution in [-0.4, -0.2) is 37.1 Å². The lowest BCUT2D eigenvalue weighted by Crippen LogP contribution is -2.10. The van der Waals surface area contributed by atoms with Crippen LogP contribution in [0.15, 0.2) is 34.7 Å². The average molecular weight is 345 g/mol. The first-order chi connectivity index (χ1) is 11.3. The fraction of sp³-hybridized carbons (Fsp3) is 0.214. The smallest absolute Gasteiger partial charge is 0.256 e. The number of nitrogens with one attached hydrogen (secondary N) is 1. The quantitative estimate of drug-likeness (QED) is 0.557. The minimum atomic E-state index is 0. The summed E-state index contributed by atoms with van der Waals surface area (Å²) in [6.07, 6.45) is 7.26. The predicted molar refractivity (Wildman–Crippen MR) is 92.7 cm³/mol. The summed E-state index contributed by atoms with van der Waals surface area (Å²) in [5, 5.41) is 18.5. The largest absolute Gasteiger partial charge is 0.365 e. The Hall–Kier alpha value is -2.31. The summed E-state index contributed by atoms with van der Waals surface area (Å²) < 4.78 is 1.59. The first-order valence-electron chi connectivity index (χ1n) is 6.68. The molecular formula is C14H15N7S2. The molecule has 7 nitrogen and oxygen atoms in total. The Morgan fingerprint density at radius 1 is 1.26 bits per heavy atom. The Bertz CT molecular complexity index is 876. The molecule has 3 rings (SSSR count). The van der Waals surface area contributed by atoms with Crippen molar-refractivity contribution in [3.63, 3.8) is 0 Å². The van der Waals surface area contributed by atoms with Crippen molar-refractivity contribution in [3.05, 3.63) is 35.7 Å². The second-order valence-corrected chi connectivity index (χ2v) is 6.04. The van der Waals surface area contributed by atoms with Crippen LogP contribution in [0, 0.1) is 11.3 Å². The molecule has 0 bridgehead atoms. The van der Waals surface area contributed by atoms with E-state index < -0.39 is 0 Å². The molecule has 0 unspecified atom stereocenters. The van der Waals surface area contributed by atoms with Crippen molar-refractivity contribution in [1.82, 2.24) is 24.6 Å². The third-order valence-corrected chi connectivity index (χ3v) is 4.35. The zero-order valence-corrected chi connectivity index (χ0v) is 14.1. The number of thioether (sulfide) groups is 2. The van der Waals surface area contributed by atoms with Crippen LogP contribution in [0.25, 0.3) is 5.78 Å². The maximum Gasteiger partial charge on any atom is 0.256 e. The van der Waals surface area contributed by atoms with Gasteiger partial charge < -0.3 is 5.32 Å². The number of rotatable bonds is 5. The molecule has 0 spiro atoms. The molecule has 0 aliphatic heterocycles. The molecule has 118 valence electrons. The van der Waals surface area contributed by atoms with Crippen molar-refractivity contribution in [2.45, 2.75) is 16.7 Å². The maximum atomic E-state index is 9.53. The minimum absolute atomic E-state index is 0. The Morgan fingerprint density at radius 3 is 2.70 bits per heavy atom. The highest BCUT2D eigenvalue weighted by Gasteiger charge is 2.17. The summed E-state index contributed by atoms with van der Waals surface area (Å²) in [4.78, 5) is 12.8. The van der Waals surface area contributed by atoms with E-state index in [-0.39, 0.29) is 1.43 Å². The zero-order valence-electron chi connectivity index (χ0n) is 12.5. The Morgan fingerprint density at radius 2 is 2.04 bits per heavy atom. The molecule has 3 heterocycles. The lowest BCUT2D eigenvalue weighted by molar-refractivity contribution is 0.860. The van der Waals surface area contributed by atoms with Crippen LogP contribution in [0.2, 0.25) is 0 Å². The molecular weight excluding hydrogens is 330 g/mol. The van der Waals surface area contributed by atoms with Crippen LogP contribution < -0.4 is 5.32 Å². The highest BCUT2D eigenvalue weighted by Crippen LogP contribution is 2.26. The Labute approximate surface area is 143 Å². The van der Waals surface area contributed by atoms with Gasteiger partial charge in [-0.1, -0.05) is 11.8 Å². The van der Waals surface area contributed by atoms with Crippen molar-refractivity contribution < 1.29 is 1.43 Å². The van der Waals surface area contributed by atoms with Crippen LogP contribution in [0.4, 0.5) is 5.82 Å². The van der Waals surface area contributed by atoms with Gasteiger partial charge in [0.2, 0.25) is 5.16 Å². The summed E-state index contributed by atoms with van der Waals surface area (Å²) in [5.74, 6) is 1.08. The highest BCUT2D eigenvalue weighted by atomic mass is 32.2. The van der Waals surface area contributed by atoms with Gasteiger partial charge in [0.15, 0.2) is 5.82 Å². The van der Waals surface area contributed by atoms with E-state index in [1.807, 2.05) is 24.6 Å². The summed E-state index contributed by atoms with van der Waals surface area (Å²) in [7, 11) is 0. The topological polar surface area (TPSA) is 91.8 Å². The van der Waals surface area contributed by atoms with Crippen LogP contribution >= 0.6 is 23.5 Å². The predicted octanol–water partition coefficient (Wildman–Crippen LogP) is 2.69. The summed E-state index contributed by atoms with van der Waals surface area (Å²) in [6, 6.07) is 6.05. The number of nitriles is 1. The number of pyridine rings is 1. The van der Waals surface area contributed by atoms with E-state index in [2.05, 4.69) is 31.4 Å². The number of nitrogens with zero attached hydrogens (tertiary/aromatic N) is 6. The highest BCUT2D eigenvalue weighted by molar-refractivity contribution is 7.98. The first kappa shape index (κ1) is 15.6. The number of aromatic nitrogens is 5. The molecule has 0 saturated carbocycles. The van der Waals surface area contributed by atoms with Gasteiger partial charge in [0.05, 0.1) is 0 Å². The van der Waals surface area contributed by atoms with Gasteiger partial charge in [-0.05, 0) is 30.2 Å². The van der Waals surface area contributed by atoms with Gasteiger partial charge in [0, 0.05) is 20.4 Å². The van der Waals surface area contributed by atoms with Crippen LogP contribution in [0.5, 0.6) is 0 Å². The lowest BCUT2D eigenvalue weighted by Gasteiger charge is -2.11. The third kappa shape index (κ3) is 3.09. The van der Waals surface area contributed by atoms with Gasteiger partial charge in [0.1, 0.15) is 16.7 Å². The molecule has 3 aromatic heterocycles. The maximum absolute atomic E-state index is 9.53. The number of anilines is 1. The van der Waals surface area contributed by atoms with E-state index in [4.69, 9.17) is 0 Å². The Balaban J connectivity index is 0.00000208. The van der Waals surface area contributed by atoms with Crippen molar-refractivity contribution in [1.29, 1.82) is 5.26 Å². The van der Waals surface area contributed by atoms with E-state index in [0.29, 0.717) is 33.9 Å². The number of fused-ring (bicyclic) bond motifs is 1. The van der Waals surface area contributed by atoms with E-state index in [1.54, 1.807) is 16.9 Å². The molecule has 0 amide bonds. The van der Waals surface area contributed by atoms with Gasteiger partial charge in [-0.3, -0.25) is 4.98 Å². The number of hydrogen-bond donors (Lipinski definition) is 1. The van der Waals surface area contributed by atoms with Crippen LogP contribution in [0.1, 0.15) is 12.6 Å². The SMILES string of the molecule is CSc1nc2nc(SC)c(C#N)c(NCc3ccncc3)n2n1.[HH]. The molecule has 0 fully saturated rings. The van der Waals surface area contributed by atoms with E-state index in [9.17, 15) is 5.26 Å². The first-order valence-corrected chi connectivity index (χ1v) is 9.13. The summed E-state index contributed by atoms with van der Waals surface area (Å²) >= 11 is 2.85. The van der Waals surface area contributed by atoms with Gasteiger partial charge in [-0.2, -0.15) is 14.8 Å². The molecule has 0 saturated heterocycles. The van der Waals surface area contributed by atoms with E-state index in [0.717, 1.165) is 5.56 Å². The second kappa shape index (κ2) is 6.85. The molecule has 1 N–H and O–H groups in total. The van der Waals surface area contributed by atoms with Crippen molar-refractivity contribution in [2.75, 3.05) is 17.8 Å². The average Bonchev–Trinajstić information content (AvgIpc) is 3.02. The zero-order chi connectivity index (χ0) is 16.2. The van der Waals surface area contributed by atoms with E-state index >= 15 is 0 Å². The van der Waals surface area contributed by atoms with Crippen molar-refractivity contribution in [2.24, 2.45) is 0 Å². The molecule has 0 aromatic carbocycles. The van der Waals surface area contributed by atoms with Crippen LogP contribution in [0.3, 0.4) is 0 Å². The molecule has 9 heteroatoms. The van der Waals surface area contributed by atoms with Crippen molar-refractivity contribution in [3.8, 4) is 6.07 Å². The summed E-state index contributed by atoms with van der Waals surface area (Å²) in [6.45, 7) is 0.554. The van der Waals surface area contributed by atoms with Gasteiger partial charge >= 0.3 is 0 Å². The fourth-order valence-corrected chi connectivity index (χ4v) is 2.90. The van der Waals surface area contributed by atoms with Crippen LogP contribution in [-0.2, 0) is 6.54 Å². The third-order valence-electron chi connectivity index (χ3n) is 3.13. The van der Waals surface area contributed by atoms with Gasteiger partial charge in [-0.15, -0.1) is 16.9 Å². The summed E-state index contributed by atoms with van der Waals surface area (Å²) in [5.41, 5.74) is 1.53. The molecule has 0 radical (unpaired) electrons. The molecule has 0 atom stereocenters. The molecule has 0 aliphatic carbocycles. The lowest BCUT2D eigenvalue weighted by atomic mass is 10.2. The minimum Gasteiger partial charge on any atom is -0.365 e. The van der Waals surface area contributed by atoms with E-state index in [1.165, 1.54) is 23.5 Å². The second-order valence-electron chi connectivity index (χ2n) is 4.48. The van der Waals surface area contributed by atoms with Gasteiger partial charge in [-0.25, -0.2) is 4.98 Å². The fourth-order valence-electron chi connectivity index (χ4n) is 2.05. The molecule has 3 aromatic rings. The standard InChI is InChI=1S/C14H13N7S2.H2/c1-22-12-10(7-15)11(17-8-9-3-5-16-6-4-9)21-13(18-12)19-14(20-21)23-2;/h3-6,17H,8H2,1-2H3;1H.